The lowest BCUT2D eigenvalue weighted by Crippen LogP contribution is -2.42. The smallest absolute Gasteiger partial charge is 0.306 e. The lowest BCUT2D eigenvalue weighted by Gasteiger charge is -2.26. The fourth-order valence-electron chi connectivity index (χ4n) is 3.72. The van der Waals surface area contributed by atoms with Gasteiger partial charge in [0.1, 0.15) is 18.0 Å². The molecule has 0 fully saturated rings. The Hall–Kier alpha value is -2.57. The van der Waals surface area contributed by atoms with Crippen LogP contribution in [0.5, 0.6) is 5.75 Å². The Kier molecular flexibility index (Phi) is 7.23. The fourth-order valence-corrected chi connectivity index (χ4v) is 3.90. The van der Waals surface area contributed by atoms with E-state index in [1.165, 1.54) is 0 Å². The van der Waals surface area contributed by atoms with Gasteiger partial charge in [0, 0.05) is 28.4 Å². The molecule has 0 aromatic heterocycles. The van der Waals surface area contributed by atoms with Crippen LogP contribution in [0.2, 0.25) is 5.02 Å². The third kappa shape index (κ3) is 5.38. The lowest BCUT2D eigenvalue weighted by atomic mass is 9.98. The molecule has 0 aliphatic carbocycles. The van der Waals surface area contributed by atoms with Crippen molar-refractivity contribution >= 4 is 29.2 Å². The first-order chi connectivity index (χ1) is 14.7. The van der Waals surface area contributed by atoms with Crippen LogP contribution in [0, 0.1) is 5.92 Å². The largest absolute Gasteiger partial charge is 0.491 e. The number of ether oxygens (including phenoxy) is 2. The molecular formula is C24H28ClNO5. The van der Waals surface area contributed by atoms with Gasteiger partial charge in [-0.15, -0.1) is 0 Å². The van der Waals surface area contributed by atoms with E-state index >= 15 is 0 Å². The van der Waals surface area contributed by atoms with Crippen molar-refractivity contribution in [3.63, 3.8) is 0 Å². The molecule has 31 heavy (non-hydrogen) atoms. The quantitative estimate of drug-likeness (QED) is 0.643. The number of hydrogen-bond donors (Lipinski definition) is 1. The van der Waals surface area contributed by atoms with Crippen molar-refractivity contribution < 1.29 is 24.2 Å². The van der Waals surface area contributed by atoms with E-state index in [0.717, 1.165) is 0 Å². The standard InChI is InChI=1S/C24H28ClNO5/c1-14(2)13-26-19-10-9-16(25)11-18(19)23(31-21(24(26)29)12-22(27)28)17-7-5-6-8-20(17)30-15(3)4/h5-11,14-15,21,23H,12-13H2,1-4H3,(H,27,28). The van der Waals surface area contributed by atoms with Gasteiger partial charge in [-0.3, -0.25) is 9.59 Å². The number of carbonyl (C=O) groups excluding carboxylic acids is 1. The van der Waals surface area contributed by atoms with E-state index in [1.54, 1.807) is 23.1 Å². The molecule has 1 amide bonds. The van der Waals surface area contributed by atoms with Crippen LogP contribution in [0.3, 0.4) is 0 Å². The molecule has 2 aromatic carbocycles. The summed E-state index contributed by atoms with van der Waals surface area (Å²) in [7, 11) is 0. The predicted octanol–water partition coefficient (Wildman–Crippen LogP) is 5.08. The van der Waals surface area contributed by atoms with Gasteiger partial charge < -0.3 is 19.5 Å². The minimum absolute atomic E-state index is 0.0698. The molecule has 6 nitrogen and oxygen atoms in total. The van der Waals surface area contributed by atoms with Crippen molar-refractivity contribution in [3.8, 4) is 5.75 Å². The van der Waals surface area contributed by atoms with Crippen LogP contribution in [-0.4, -0.2) is 35.7 Å². The first-order valence-corrected chi connectivity index (χ1v) is 10.8. The monoisotopic (exact) mass is 445 g/mol. The molecule has 1 aliphatic rings. The van der Waals surface area contributed by atoms with E-state index in [0.29, 0.717) is 34.1 Å². The molecule has 2 unspecified atom stereocenters. The van der Waals surface area contributed by atoms with E-state index in [1.807, 2.05) is 52.0 Å². The van der Waals surface area contributed by atoms with Gasteiger partial charge in [-0.25, -0.2) is 0 Å². The maximum absolute atomic E-state index is 13.4. The van der Waals surface area contributed by atoms with Crippen molar-refractivity contribution in [2.45, 2.75) is 52.4 Å². The highest BCUT2D eigenvalue weighted by molar-refractivity contribution is 6.30. The van der Waals surface area contributed by atoms with Crippen LogP contribution >= 0.6 is 11.6 Å². The Morgan fingerprint density at radius 3 is 2.52 bits per heavy atom. The van der Waals surface area contributed by atoms with Crippen molar-refractivity contribution in [1.82, 2.24) is 0 Å². The number of anilines is 1. The highest BCUT2D eigenvalue weighted by Gasteiger charge is 2.38. The van der Waals surface area contributed by atoms with Gasteiger partial charge in [0.15, 0.2) is 0 Å². The average molecular weight is 446 g/mol. The number of benzene rings is 2. The summed E-state index contributed by atoms with van der Waals surface area (Å²) in [5.41, 5.74) is 2.09. The number of hydrogen-bond acceptors (Lipinski definition) is 4. The summed E-state index contributed by atoms with van der Waals surface area (Å²) in [4.78, 5) is 26.5. The van der Waals surface area contributed by atoms with Crippen LogP contribution in [-0.2, 0) is 14.3 Å². The maximum Gasteiger partial charge on any atom is 0.306 e. The number of amides is 1. The van der Waals surface area contributed by atoms with E-state index < -0.39 is 24.6 Å². The number of fused-ring (bicyclic) bond motifs is 1. The highest BCUT2D eigenvalue weighted by Crippen LogP contribution is 2.43. The second-order valence-electron chi connectivity index (χ2n) is 8.35. The number of carbonyl (C=O) groups is 2. The van der Waals surface area contributed by atoms with Gasteiger partial charge in [-0.2, -0.15) is 0 Å². The molecule has 166 valence electrons. The number of rotatable bonds is 7. The second kappa shape index (κ2) is 9.71. The van der Waals surface area contributed by atoms with Gasteiger partial charge >= 0.3 is 5.97 Å². The number of aliphatic carboxylic acids is 1. The third-order valence-corrected chi connectivity index (χ3v) is 5.11. The molecule has 1 aliphatic heterocycles. The molecular weight excluding hydrogens is 418 g/mol. The van der Waals surface area contributed by atoms with Crippen molar-refractivity contribution in [3.05, 3.63) is 58.6 Å². The van der Waals surface area contributed by atoms with Crippen molar-refractivity contribution in [1.29, 1.82) is 0 Å². The zero-order chi connectivity index (χ0) is 22.7. The van der Waals surface area contributed by atoms with Gasteiger partial charge in [-0.1, -0.05) is 43.6 Å². The molecule has 0 saturated carbocycles. The lowest BCUT2D eigenvalue weighted by molar-refractivity contribution is -0.147. The van der Waals surface area contributed by atoms with Crippen molar-refractivity contribution in [2.75, 3.05) is 11.4 Å². The first-order valence-electron chi connectivity index (χ1n) is 10.4. The molecule has 7 heteroatoms. The molecule has 0 saturated heterocycles. The van der Waals surface area contributed by atoms with E-state index in [-0.39, 0.29) is 17.9 Å². The highest BCUT2D eigenvalue weighted by atomic mass is 35.5. The fraction of sp³-hybridized carbons (Fsp3) is 0.417. The van der Waals surface area contributed by atoms with Crippen LogP contribution in [0.25, 0.3) is 0 Å². The van der Waals surface area contributed by atoms with Crippen LogP contribution in [0.15, 0.2) is 42.5 Å². The average Bonchev–Trinajstić information content (AvgIpc) is 2.78. The van der Waals surface area contributed by atoms with Gasteiger partial charge in [-0.05, 0) is 44.0 Å². The summed E-state index contributed by atoms with van der Waals surface area (Å²) >= 11 is 6.33. The summed E-state index contributed by atoms with van der Waals surface area (Å²) in [6, 6.07) is 12.7. The van der Waals surface area contributed by atoms with Gasteiger partial charge in [0.05, 0.1) is 12.5 Å². The van der Waals surface area contributed by atoms with Crippen LogP contribution in [0.4, 0.5) is 5.69 Å². The number of para-hydroxylation sites is 1. The summed E-state index contributed by atoms with van der Waals surface area (Å²) in [6.45, 7) is 8.30. The Morgan fingerprint density at radius 1 is 1.16 bits per heavy atom. The summed E-state index contributed by atoms with van der Waals surface area (Å²) in [6.07, 6.45) is -2.35. The summed E-state index contributed by atoms with van der Waals surface area (Å²) in [5.74, 6) is -0.681. The molecule has 0 radical (unpaired) electrons. The molecule has 3 rings (SSSR count). The van der Waals surface area contributed by atoms with Crippen molar-refractivity contribution in [2.24, 2.45) is 5.92 Å². The van der Waals surface area contributed by atoms with Crippen LogP contribution in [0.1, 0.15) is 51.3 Å². The topological polar surface area (TPSA) is 76.1 Å². The summed E-state index contributed by atoms with van der Waals surface area (Å²) < 4.78 is 12.2. The molecule has 2 atom stereocenters. The maximum atomic E-state index is 13.4. The Balaban J connectivity index is 2.21. The molecule has 0 spiro atoms. The SMILES string of the molecule is CC(C)CN1C(=O)C(CC(=O)O)OC(c2ccccc2OC(C)C)c2cc(Cl)ccc21. The van der Waals surface area contributed by atoms with E-state index in [4.69, 9.17) is 21.1 Å². The normalized spacial score (nSPS) is 18.8. The molecule has 0 bridgehead atoms. The predicted molar refractivity (Wildman–Crippen MR) is 120 cm³/mol. The molecule has 1 N–H and O–H groups in total. The minimum Gasteiger partial charge on any atom is -0.491 e. The number of carboxylic acids is 1. The number of nitrogens with zero attached hydrogens (tertiary/aromatic N) is 1. The molecule has 2 aromatic rings. The summed E-state index contributed by atoms with van der Waals surface area (Å²) in [5, 5.41) is 9.94. The first kappa shape index (κ1) is 23.1. The van der Waals surface area contributed by atoms with Gasteiger partial charge in [0.25, 0.3) is 5.91 Å². The Labute approximate surface area is 187 Å². The zero-order valence-corrected chi connectivity index (χ0v) is 18.9. The second-order valence-corrected chi connectivity index (χ2v) is 8.79. The van der Waals surface area contributed by atoms with E-state index in [2.05, 4.69) is 0 Å². The zero-order valence-electron chi connectivity index (χ0n) is 18.2. The molecule has 1 heterocycles. The van der Waals surface area contributed by atoms with Crippen LogP contribution < -0.4 is 9.64 Å². The van der Waals surface area contributed by atoms with Gasteiger partial charge in [0.2, 0.25) is 0 Å². The Morgan fingerprint density at radius 2 is 1.87 bits per heavy atom. The minimum atomic E-state index is -1.14. The number of halogens is 1. The van der Waals surface area contributed by atoms with E-state index in [9.17, 15) is 14.7 Å². The Bertz CT molecular complexity index is 959. The number of carboxylic acid groups (broad SMARTS) is 1. The third-order valence-electron chi connectivity index (χ3n) is 4.88.